The number of sulfonamides is 1. The molecule has 0 aromatic carbocycles. The standard InChI is InChI=1S/C16H35N5O4S.HI/c1-4-17-15(18-7-6-8-20-26(23,24)5-2)19-13-16(3,22)14-21-9-11-25-12-10-21;/h20,22H,4-14H2,1-3H3,(H2,17,18,19);1H. The van der Waals surface area contributed by atoms with Crippen LogP contribution in [0.15, 0.2) is 4.99 Å². The van der Waals surface area contributed by atoms with Crippen LogP contribution in [0.25, 0.3) is 0 Å². The lowest BCUT2D eigenvalue weighted by atomic mass is 10.1. The minimum absolute atomic E-state index is 0. The van der Waals surface area contributed by atoms with Crippen LogP contribution < -0.4 is 15.4 Å². The fraction of sp³-hybridized carbons (Fsp3) is 0.938. The Morgan fingerprint density at radius 3 is 2.48 bits per heavy atom. The van der Waals surface area contributed by atoms with Gasteiger partial charge in [0, 0.05) is 39.3 Å². The lowest BCUT2D eigenvalue weighted by molar-refractivity contribution is -0.0180. The molecule has 0 saturated carbocycles. The van der Waals surface area contributed by atoms with E-state index in [1.807, 2.05) is 6.92 Å². The van der Waals surface area contributed by atoms with E-state index in [-0.39, 0.29) is 36.3 Å². The van der Waals surface area contributed by atoms with Crippen molar-refractivity contribution in [3.05, 3.63) is 0 Å². The summed E-state index contributed by atoms with van der Waals surface area (Å²) in [4.78, 5) is 6.64. The third kappa shape index (κ3) is 12.8. The molecule has 4 N–H and O–H groups in total. The van der Waals surface area contributed by atoms with Gasteiger partial charge in [0.15, 0.2) is 5.96 Å². The van der Waals surface area contributed by atoms with Crippen LogP contribution in [0.3, 0.4) is 0 Å². The monoisotopic (exact) mass is 521 g/mol. The van der Waals surface area contributed by atoms with Crippen molar-refractivity contribution in [3.63, 3.8) is 0 Å². The predicted molar refractivity (Wildman–Crippen MR) is 119 cm³/mol. The van der Waals surface area contributed by atoms with Crippen molar-refractivity contribution >= 4 is 40.0 Å². The number of aliphatic hydroxyl groups is 1. The normalized spacial score (nSPS) is 18.4. The van der Waals surface area contributed by atoms with Gasteiger partial charge in [-0.15, -0.1) is 24.0 Å². The highest BCUT2D eigenvalue weighted by Gasteiger charge is 2.25. The molecule has 27 heavy (non-hydrogen) atoms. The van der Waals surface area contributed by atoms with Gasteiger partial charge in [-0.1, -0.05) is 0 Å². The first-order valence-corrected chi connectivity index (χ1v) is 10.9. The van der Waals surface area contributed by atoms with Crippen molar-refractivity contribution in [2.75, 3.05) is 64.8 Å². The van der Waals surface area contributed by atoms with E-state index in [4.69, 9.17) is 4.74 Å². The third-order valence-corrected chi connectivity index (χ3v) is 5.34. The predicted octanol–water partition coefficient (Wildman–Crippen LogP) is -0.428. The van der Waals surface area contributed by atoms with Crippen LogP contribution in [0.2, 0.25) is 0 Å². The van der Waals surface area contributed by atoms with Gasteiger partial charge in [0.2, 0.25) is 10.0 Å². The van der Waals surface area contributed by atoms with Crippen LogP contribution >= 0.6 is 24.0 Å². The van der Waals surface area contributed by atoms with Crippen LogP contribution in [-0.2, 0) is 14.8 Å². The first kappa shape index (κ1) is 26.8. The number of aliphatic imine (C=N–C) groups is 1. The first-order valence-electron chi connectivity index (χ1n) is 9.30. The van der Waals surface area contributed by atoms with Crippen molar-refractivity contribution in [2.24, 2.45) is 4.99 Å². The van der Waals surface area contributed by atoms with Crippen molar-refractivity contribution in [1.82, 2.24) is 20.3 Å². The summed E-state index contributed by atoms with van der Waals surface area (Å²) >= 11 is 0. The van der Waals surface area contributed by atoms with Crippen LogP contribution in [0.1, 0.15) is 27.2 Å². The van der Waals surface area contributed by atoms with E-state index in [1.165, 1.54) is 0 Å². The lowest BCUT2D eigenvalue weighted by Crippen LogP contribution is -2.48. The fourth-order valence-electron chi connectivity index (χ4n) is 2.51. The molecular formula is C16H36IN5O4S. The minimum atomic E-state index is -3.14. The smallest absolute Gasteiger partial charge is 0.211 e. The molecular weight excluding hydrogens is 485 g/mol. The average Bonchev–Trinajstić information content (AvgIpc) is 2.60. The number of morpholine rings is 1. The zero-order valence-electron chi connectivity index (χ0n) is 16.7. The Bertz CT molecular complexity index is 525. The molecule has 11 heteroatoms. The molecule has 162 valence electrons. The van der Waals surface area contributed by atoms with Gasteiger partial charge in [0.25, 0.3) is 0 Å². The van der Waals surface area contributed by atoms with Crippen molar-refractivity contribution in [2.45, 2.75) is 32.8 Å². The highest BCUT2D eigenvalue weighted by Crippen LogP contribution is 2.09. The van der Waals surface area contributed by atoms with E-state index in [0.717, 1.165) is 13.1 Å². The molecule has 1 fully saturated rings. The average molecular weight is 521 g/mol. The number of hydrogen-bond donors (Lipinski definition) is 4. The van der Waals surface area contributed by atoms with Crippen LogP contribution in [0, 0.1) is 0 Å². The zero-order valence-corrected chi connectivity index (χ0v) is 19.8. The fourth-order valence-corrected chi connectivity index (χ4v) is 3.17. The van der Waals surface area contributed by atoms with Gasteiger partial charge in [-0.2, -0.15) is 0 Å². The zero-order chi connectivity index (χ0) is 19.5. The summed E-state index contributed by atoms with van der Waals surface area (Å²) in [6, 6.07) is 0. The van der Waals surface area contributed by atoms with Crippen molar-refractivity contribution in [1.29, 1.82) is 0 Å². The lowest BCUT2D eigenvalue weighted by Gasteiger charge is -2.33. The van der Waals surface area contributed by atoms with Gasteiger partial charge in [0.1, 0.15) is 0 Å². The Hall–Kier alpha value is -0.210. The maximum absolute atomic E-state index is 11.4. The molecule has 1 aliphatic rings. The van der Waals surface area contributed by atoms with Crippen LogP contribution in [0.5, 0.6) is 0 Å². The van der Waals surface area contributed by atoms with Gasteiger partial charge in [-0.25, -0.2) is 13.1 Å². The number of hydrogen-bond acceptors (Lipinski definition) is 6. The molecule has 0 aromatic rings. The molecule has 0 spiro atoms. The third-order valence-electron chi connectivity index (χ3n) is 3.94. The Labute approximate surface area is 180 Å². The maximum Gasteiger partial charge on any atom is 0.211 e. The number of halogens is 1. The van der Waals surface area contributed by atoms with E-state index in [1.54, 1.807) is 13.8 Å². The molecule has 0 bridgehead atoms. The van der Waals surface area contributed by atoms with E-state index < -0.39 is 15.6 Å². The van der Waals surface area contributed by atoms with E-state index in [9.17, 15) is 13.5 Å². The summed E-state index contributed by atoms with van der Waals surface area (Å²) in [5, 5.41) is 16.9. The summed E-state index contributed by atoms with van der Waals surface area (Å²) in [5.41, 5.74) is -0.920. The summed E-state index contributed by atoms with van der Waals surface area (Å²) in [6.45, 7) is 10.9. The Morgan fingerprint density at radius 2 is 1.89 bits per heavy atom. The number of nitrogens with zero attached hydrogens (tertiary/aromatic N) is 2. The van der Waals surface area contributed by atoms with E-state index >= 15 is 0 Å². The van der Waals surface area contributed by atoms with E-state index in [0.29, 0.717) is 51.8 Å². The molecule has 1 aliphatic heterocycles. The van der Waals surface area contributed by atoms with E-state index in [2.05, 4.69) is 25.2 Å². The maximum atomic E-state index is 11.4. The Balaban J connectivity index is 0.00000676. The van der Waals surface area contributed by atoms with Crippen molar-refractivity contribution in [3.8, 4) is 0 Å². The quantitative estimate of drug-likeness (QED) is 0.126. The van der Waals surface area contributed by atoms with Crippen LogP contribution in [0.4, 0.5) is 0 Å². The van der Waals surface area contributed by atoms with Gasteiger partial charge in [-0.05, 0) is 27.2 Å². The van der Waals surface area contributed by atoms with Gasteiger partial charge in [0.05, 0.1) is 31.1 Å². The molecule has 1 saturated heterocycles. The summed E-state index contributed by atoms with van der Waals surface area (Å²) in [5.74, 6) is 0.705. The number of β-amino-alcohol motifs (C(OH)–C–C–N with tert-alkyl or cyclic N) is 1. The molecule has 0 aromatic heterocycles. The second-order valence-corrected chi connectivity index (χ2v) is 8.75. The molecule has 0 aliphatic carbocycles. The summed E-state index contributed by atoms with van der Waals surface area (Å²) < 4.78 is 30.6. The molecule has 1 heterocycles. The number of nitrogens with one attached hydrogen (secondary N) is 3. The second kappa shape index (κ2) is 13.9. The Kier molecular flexibility index (Phi) is 13.8. The highest BCUT2D eigenvalue weighted by atomic mass is 127. The molecule has 1 atom stereocenters. The summed E-state index contributed by atoms with van der Waals surface area (Å²) in [7, 11) is -3.14. The highest BCUT2D eigenvalue weighted by molar-refractivity contribution is 14.0. The number of guanidine groups is 1. The molecule has 0 amide bonds. The molecule has 9 nitrogen and oxygen atoms in total. The van der Waals surface area contributed by atoms with Gasteiger partial charge < -0.3 is 20.5 Å². The minimum Gasteiger partial charge on any atom is -0.387 e. The van der Waals surface area contributed by atoms with Crippen LogP contribution in [-0.4, -0.2) is 94.8 Å². The SMILES string of the molecule is CCNC(=NCC(C)(O)CN1CCOCC1)NCCCNS(=O)(=O)CC.I. The first-order chi connectivity index (χ1) is 12.3. The van der Waals surface area contributed by atoms with Crippen molar-refractivity contribution < 1.29 is 18.3 Å². The van der Waals surface area contributed by atoms with Gasteiger partial charge >= 0.3 is 0 Å². The topological polar surface area (TPSA) is 115 Å². The summed E-state index contributed by atoms with van der Waals surface area (Å²) in [6.07, 6.45) is 0.647. The number of ether oxygens (including phenoxy) is 1. The largest absolute Gasteiger partial charge is 0.387 e. The van der Waals surface area contributed by atoms with Gasteiger partial charge in [-0.3, -0.25) is 9.89 Å². The molecule has 1 unspecified atom stereocenters. The Morgan fingerprint density at radius 1 is 1.22 bits per heavy atom. The molecule has 1 rings (SSSR count). The molecule has 0 radical (unpaired) electrons. The second-order valence-electron chi connectivity index (χ2n) is 6.66. The number of rotatable bonds is 11.